The second-order valence-corrected chi connectivity index (χ2v) is 4.14. The van der Waals surface area contributed by atoms with Crippen LogP contribution in [0.1, 0.15) is 30.0 Å². The first-order valence-corrected chi connectivity index (χ1v) is 5.30. The van der Waals surface area contributed by atoms with Gasteiger partial charge in [0.2, 0.25) is 0 Å². The third-order valence-corrected chi connectivity index (χ3v) is 2.78. The van der Waals surface area contributed by atoms with Crippen molar-refractivity contribution in [1.29, 1.82) is 0 Å². The maximum absolute atomic E-state index is 4.51. The van der Waals surface area contributed by atoms with E-state index in [9.17, 15) is 0 Å². The molecule has 1 saturated carbocycles. The van der Waals surface area contributed by atoms with Gasteiger partial charge in [0, 0.05) is 18.1 Å². The van der Waals surface area contributed by atoms with Crippen molar-refractivity contribution in [2.45, 2.75) is 25.7 Å². The molecule has 1 aliphatic carbocycles. The fraction of sp³-hybridized carbons (Fsp3) is 0.333. The van der Waals surface area contributed by atoms with Crippen molar-refractivity contribution in [3.8, 4) is 5.82 Å². The van der Waals surface area contributed by atoms with E-state index in [1.54, 1.807) is 12.5 Å². The van der Waals surface area contributed by atoms with Crippen LogP contribution in [0.4, 0.5) is 0 Å². The molecule has 15 heavy (non-hydrogen) atoms. The van der Waals surface area contributed by atoms with Crippen LogP contribution in [0.5, 0.6) is 0 Å². The van der Waals surface area contributed by atoms with Gasteiger partial charge in [-0.05, 0) is 43.4 Å². The Balaban J connectivity index is 2.07. The molecule has 3 rings (SSSR count). The first-order valence-electron chi connectivity index (χ1n) is 5.30. The molecule has 0 amide bonds. The zero-order valence-corrected chi connectivity index (χ0v) is 8.72. The van der Waals surface area contributed by atoms with E-state index in [0.29, 0.717) is 0 Å². The monoisotopic (exact) mass is 199 g/mol. The van der Waals surface area contributed by atoms with Crippen LogP contribution in [-0.2, 0) is 0 Å². The Hall–Kier alpha value is -1.64. The first kappa shape index (κ1) is 8.65. The number of rotatable bonds is 2. The number of nitrogens with zero attached hydrogens (tertiary/aromatic N) is 3. The molecule has 3 nitrogen and oxygen atoms in total. The molecule has 3 heteroatoms. The molecule has 0 aliphatic heterocycles. The van der Waals surface area contributed by atoms with Crippen LogP contribution >= 0.6 is 0 Å². The Morgan fingerprint density at radius 3 is 2.87 bits per heavy atom. The van der Waals surface area contributed by atoms with Crippen LogP contribution in [0.25, 0.3) is 5.82 Å². The predicted octanol–water partition coefficient (Wildman–Crippen LogP) is 2.45. The van der Waals surface area contributed by atoms with Gasteiger partial charge in [-0.1, -0.05) is 0 Å². The van der Waals surface area contributed by atoms with Crippen molar-refractivity contribution in [2.24, 2.45) is 0 Å². The van der Waals surface area contributed by atoms with Gasteiger partial charge in [-0.2, -0.15) is 0 Å². The summed E-state index contributed by atoms with van der Waals surface area (Å²) < 4.78 is 1.96. The van der Waals surface area contributed by atoms with Crippen molar-refractivity contribution < 1.29 is 0 Å². The smallest absolute Gasteiger partial charge is 0.138 e. The highest BCUT2D eigenvalue weighted by Crippen LogP contribution is 2.40. The fourth-order valence-electron chi connectivity index (χ4n) is 1.86. The van der Waals surface area contributed by atoms with E-state index in [1.165, 1.54) is 18.4 Å². The number of aromatic nitrogens is 3. The van der Waals surface area contributed by atoms with Crippen LogP contribution in [0.2, 0.25) is 0 Å². The van der Waals surface area contributed by atoms with Crippen molar-refractivity contribution in [2.75, 3.05) is 0 Å². The third kappa shape index (κ3) is 1.65. The van der Waals surface area contributed by atoms with Crippen molar-refractivity contribution in [3.05, 3.63) is 42.1 Å². The summed E-state index contributed by atoms with van der Waals surface area (Å²) >= 11 is 0. The molecule has 0 N–H and O–H groups in total. The van der Waals surface area contributed by atoms with Gasteiger partial charge in [0.25, 0.3) is 0 Å². The summed E-state index contributed by atoms with van der Waals surface area (Å²) in [5.41, 5.74) is 2.51. The molecule has 2 heterocycles. The quantitative estimate of drug-likeness (QED) is 0.743. The highest BCUT2D eigenvalue weighted by molar-refractivity contribution is 5.34. The van der Waals surface area contributed by atoms with Crippen LogP contribution in [0, 0.1) is 6.92 Å². The minimum Gasteiger partial charge on any atom is -0.291 e. The summed E-state index contributed by atoms with van der Waals surface area (Å²) in [5, 5.41) is 0. The zero-order chi connectivity index (χ0) is 10.3. The molecule has 0 saturated heterocycles. The third-order valence-electron chi connectivity index (χ3n) is 2.78. The first-order chi connectivity index (χ1) is 7.33. The fourth-order valence-corrected chi connectivity index (χ4v) is 1.86. The molecule has 0 atom stereocenters. The lowest BCUT2D eigenvalue weighted by molar-refractivity contribution is 0.955. The zero-order valence-electron chi connectivity index (χ0n) is 8.72. The van der Waals surface area contributed by atoms with E-state index in [0.717, 1.165) is 17.4 Å². The number of pyridine rings is 1. The Morgan fingerprint density at radius 1 is 1.33 bits per heavy atom. The van der Waals surface area contributed by atoms with Gasteiger partial charge in [0.05, 0.1) is 0 Å². The summed E-state index contributed by atoms with van der Waals surface area (Å²) in [5.74, 6) is 1.75. The standard InChI is InChI=1S/C12H13N3/c1-9-6-11(10-2-3-10)7-12(14-9)15-5-4-13-8-15/h4-8,10H,2-3H2,1H3. The van der Waals surface area contributed by atoms with E-state index < -0.39 is 0 Å². The Morgan fingerprint density at radius 2 is 2.20 bits per heavy atom. The summed E-state index contributed by atoms with van der Waals surface area (Å²) in [7, 11) is 0. The van der Waals surface area contributed by atoms with E-state index in [1.807, 2.05) is 17.7 Å². The van der Waals surface area contributed by atoms with Gasteiger partial charge in [-0.25, -0.2) is 9.97 Å². The number of imidazole rings is 1. The minimum atomic E-state index is 0.772. The molecule has 1 fully saturated rings. The van der Waals surface area contributed by atoms with E-state index in [-0.39, 0.29) is 0 Å². The van der Waals surface area contributed by atoms with Gasteiger partial charge >= 0.3 is 0 Å². The van der Waals surface area contributed by atoms with Gasteiger partial charge in [0.15, 0.2) is 0 Å². The molecule has 0 radical (unpaired) electrons. The summed E-state index contributed by atoms with van der Waals surface area (Å²) in [6.07, 6.45) is 8.15. The molecule has 0 unspecified atom stereocenters. The number of aryl methyl sites for hydroxylation is 1. The SMILES string of the molecule is Cc1cc(C2CC2)cc(-n2ccnc2)n1. The average Bonchev–Trinajstić information content (AvgIpc) is 2.93. The molecular weight excluding hydrogens is 186 g/mol. The lowest BCUT2D eigenvalue weighted by Crippen LogP contribution is -1.97. The average molecular weight is 199 g/mol. The summed E-state index contributed by atoms with van der Waals surface area (Å²) in [6, 6.07) is 4.37. The van der Waals surface area contributed by atoms with Crippen LogP contribution in [0.3, 0.4) is 0 Å². The van der Waals surface area contributed by atoms with Crippen molar-refractivity contribution >= 4 is 0 Å². The molecule has 2 aromatic heterocycles. The van der Waals surface area contributed by atoms with Crippen LogP contribution in [0.15, 0.2) is 30.9 Å². The molecule has 1 aliphatic rings. The summed E-state index contributed by atoms with van der Waals surface area (Å²) in [4.78, 5) is 8.55. The van der Waals surface area contributed by atoms with Crippen molar-refractivity contribution in [3.63, 3.8) is 0 Å². The van der Waals surface area contributed by atoms with E-state index in [4.69, 9.17) is 0 Å². The second-order valence-electron chi connectivity index (χ2n) is 4.14. The highest BCUT2D eigenvalue weighted by atomic mass is 15.1. The van der Waals surface area contributed by atoms with Crippen LogP contribution in [-0.4, -0.2) is 14.5 Å². The second kappa shape index (κ2) is 3.19. The maximum atomic E-state index is 4.51. The van der Waals surface area contributed by atoms with E-state index >= 15 is 0 Å². The van der Waals surface area contributed by atoms with Gasteiger partial charge < -0.3 is 0 Å². The number of hydrogen-bond acceptors (Lipinski definition) is 2. The summed E-state index contributed by atoms with van der Waals surface area (Å²) in [6.45, 7) is 2.05. The molecular formula is C12H13N3. The van der Waals surface area contributed by atoms with Crippen LogP contribution < -0.4 is 0 Å². The van der Waals surface area contributed by atoms with Gasteiger partial charge in [-0.15, -0.1) is 0 Å². The maximum Gasteiger partial charge on any atom is 0.138 e. The number of hydrogen-bond donors (Lipinski definition) is 0. The minimum absolute atomic E-state index is 0.772. The molecule has 0 spiro atoms. The largest absolute Gasteiger partial charge is 0.291 e. The topological polar surface area (TPSA) is 30.7 Å². The lowest BCUT2D eigenvalue weighted by atomic mass is 10.1. The highest BCUT2D eigenvalue weighted by Gasteiger charge is 2.24. The van der Waals surface area contributed by atoms with Gasteiger partial charge in [-0.3, -0.25) is 4.57 Å². The Bertz CT molecular complexity index is 470. The molecule has 2 aromatic rings. The molecule has 76 valence electrons. The van der Waals surface area contributed by atoms with Crippen molar-refractivity contribution in [1.82, 2.24) is 14.5 Å². The van der Waals surface area contributed by atoms with E-state index in [2.05, 4.69) is 22.1 Å². The Labute approximate surface area is 88.8 Å². The Kier molecular flexibility index (Phi) is 1.84. The molecule has 0 bridgehead atoms. The molecule has 0 aromatic carbocycles. The lowest BCUT2D eigenvalue weighted by Gasteiger charge is -2.06. The normalized spacial score (nSPS) is 15.5. The van der Waals surface area contributed by atoms with Gasteiger partial charge in [0.1, 0.15) is 12.1 Å². The predicted molar refractivity (Wildman–Crippen MR) is 58.1 cm³/mol.